The molecule has 0 saturated carbocycles. The van der Waals surface area contributed by atoms with E-state index < -0.39 is 5.97 Å². The molecule has 0 unspecified atom stereocenters. The summed E-state index contributed by atoms with van der Waals surface area (Å²) in [4.78, 5) is 15.4. The van der Waals surface area contributed by atoms with E-state index in [9.17, 15) is 4.79 Å². The maximum Gasteiger partial charge on any atom is 0.328 e. The molecule has 0 amide bonds. The van der Waals surface area contributed by atoms with Gasteiger partial charge in [0.15, 0.2) is 0 Å². The Balaban J connectivity index is 1.93. The van der Waals surface area contributed by atoms with Gasteiger partial charge in [0, 0.05) is 12.3 Å². The van der Waals surface area contributed by atoms with Crippen molar-refractivity contribution in [1.29, 1.82) is 0 Å². The number of aromatic nitrogens is 1. The minimum Gasteiger partial charge on any atom is -0.488 e. The Morgan fingerprint density at radius 3 is 2.78 bits per heavy atom. The number of carboxylic acid groups (broad SMARTS) is 1. The maximum absolute atomic E-state index is 10.4. The molecule has 1 N–H and O–H groups in total. The first-order valence-corrected chi connectivity index (χ1v) is 6.13. The predicted octanol–water partition coefficient (Wildman–Crippen LogP) is 2.82. The molecule has 1 heterocycles. The van der Waals surface area contributed by atoms with Crippen LogP contribution in [0.5, 0.6) is 5.75 Å². The molecule has 0 aliphatic rings. The van der Waals surface area contributed by atoms with Crippen molar-refractivity contribution in [3.05, 3.63) is 52.5 Å². The van der Waals surface area contributed by atoms with E-state index in [0.717, 1.165) is 22.3 Å². The Bertz CT molecular complexity index is 532. The Kier molecular flexibility index (Phi) is 4.09. The lowest BCUT2D eigenvalue weighted by Gasteiger charge is -2.04. The first kappa shape index (κ1) is 12.3. The van der Waals surface area contributed by atoms with Crippen LogP contribution in [-0.2, 0) is 11.4 Å². The van der Waals surface area contributed by atoms with Gasteiger partial charge in [0.2, 0.25) is 0 Å². The molecule has 0 atom stereocenters. The fourth-order valence-corrected chi connectivity index (χ4v) is 1.82. The third-order valence-corrected chi connectivity index (χ3v) is 2.92. The van der Waals surface area contributed by atoms with Gasteiger partial charge in [0.1, 0.15) is 12.4 Å². The zero-order valence-corrected chi connectivity index (χ0v) is 10.3. The highest BCUT2D eigenvalue weighted by atomic mass is 32.1. The first-order valence-electron chi connectivity index (χ1n) is 5.25. The number of nitrogens with zero attached hydrogens (tertiary/aromatic N) is 1. The van der Waals surface area contributed by atoms with Gasteiger partial charge in [-0.25, -0.2) is 4.79 Å². The van der Waals surface area contributed by atoms with Gasteiger partial charge >= 0.3 is 5.97 Å². The normalized spacial score (nSPS) is 10.7. The van der Waals surface area contributed by atoms with Crippen LogP contribution in [0.2, 0.25) is 0 Å². The van der Waals surface area contributed by atoms with E-state index in [1.807, 2.05) is 12.1 Å². The molecule has 0 bridgehead atoms. The summed E-state index contributed by atoms with van der Waals surface area (Å²) in [5, 5.41) is 8.50. The van der Waals surface area contributed by atoms with E-state index >= 15 is 0 Å². The van der Waals surface area contributed by atoms with E-state index in [1.54, 1.807) is 35.2 Å². The molecule has 0 aliphatic carbocycles. The second-order valence-electron chi connectivity index (χ2n) is 3.50. The standard InChI is InChI=1S/C13H11NO3S/c15-13(16)6-3-10-1-4-11(5-2-10)17-8-12-7-14-9-18-12/h1-7,9H,8H2,(H,15,16)/b6-3+. The van der Waals surface area contributed by atoms with Gasteiger partial charge < -0.3 is 9.84 Å². The lowest BCUT2D eigenvalue weighted by atomic mass is 10.2. The van der Waals surface area contributed by atoms with Gasteiger partial charge in [-0.05, 0) is 23.8 Å². The zero-order valence-electron chi connectivity index (χ0n) is 9.45. The smallest absolute Gasteiger partial charge is 0.328 e. The van der Waals surface area contributed by atoms with Crippen molar-refractivity contribution in [2.24, 2.45) is 0 Å². The molecule has 5 heteroatoms. The minimum atomic E-state index is -0.958. The highest BCUT2D eigenvalue weighted by molar-refractivity contribution is 7.09. The van der Waals surface area contributed by atoms with Crippen molar-refractivity contribution in [2.75, 3.05) is 0 Å². The monoisotopic (exact) mass is 261 g/mol. The van der Waals surface area contributed by atoms with Gasteiger partial charge in [0.05, 0.1) is 10.4 Å². The highest BCUT2D eigenvalue weighted by Gasteiger charge is 1.97. The van der Waals surface area contributed by atoms with Crippen molar-refractivity contribution < 1.29 is 14.6 Å². The largest absolute Gasteiger partial charge is 0.488 e. The number of carbonyl (C=O) groups is 1. The molecule has 0 spiro atoms. The fourth-order valence-electron chi connectivity index (χ4n) is 1.31. The van der Waals surface area contributed by atoms with Crippen LogP contribution < -0.4 is 4.74 Å². The van der Waals surface area contributed by atoms with Gasteiger partial charge in [-0.3, -0.25) is 4.98 Å². The Labute approximate surface area is 108 Å². The molecule has 2 aromatic rings. The number of ether oxygens (including phenoxy) is 1. The van der Waals surface area contributed by atoms with Crippen LogP contribution in [-0.4, -0.2) is 16.1 Å². The molecule has 0 fully saturated rings. The number of rotatable bonds is 5. The summed E-state index contributed by atoms with van der Waals surface area (Å²) in [6.45, 7) is 0.495. The number of benzene rings is 1. The quantitative estimate of drug-likeness (QED) is 0.841. The second kappa shape index (κ2) is 5.97. The summed E-state index contributed by atoms with van der Waals surface area (Å²) >= 11 is 1.54. The van der Waals surface area contributed by atoms with Gasteiger partial charge in [-0.2, -0.15) is 0 Å². The zero-order chi connectivity index (χ0) is 12.8. The van der Waals surface area contributed by atoms with E-state index in [2.05, 4.69) is 4.98 Å². The summed E-state index contributed by atoms with van der Waals surface area (Å²) in [5.74, 6) is -0.212. The summed E-state index contributed by atoms with van der Waals surface area (Å²) in [6, 6.07) is 7.23. The number of aliphatic carboxylic acids is 1. The number of hydrogen-bond donors (Lipinski definition) is 1. The number of hydrogen-bond acceptors (Lipinski definition) is 4. The van der Waals surface area contributed by atoms with Crippen LogP contribution in [0.1, 0.15) is 10.4 Å². The molecule has 92 valence electrons. The van der Waals surface area contributed by atoms with E-state index in [-0.39, 0.29) is 0 Å². The van der Waals surface area contributed by atoms with Crippen molar-refractivity contribution in [2.45, 2.75) is 6.61 Å². The first-order chi connectivity index (χ1) is 8.74. The molecule has 0 radical (unpaired) electrons. The van der Waals surface area contributed by atoms with Crippen LogP contribution in [0.3, 0.4) is 0 Å². The predicted molar refractivity (Wildman–Crippen MR) is 69.6 cm³/mol. The topological polar surface area (TPSA) is 59.4 Å². The summed E-state index contributed by atoms with van der Waals surface area (Å²) in [7, 11) is 0. The SMILES string of the molecule is O=C(O)/C=C/c1ccc(OCc2cncs2)cc1. The Morgan fingerprint density at radius 1 is 1.39 bits per heavy atom. The number of thiazole rings is 1. The number of carboxylic acids is 1. The van der Waals surface area contributed by atoms with Crippen LogP contribution in [0.25, 0.3) is 6.08 Å². The molecular weight excluding hydrogens is 250 g/mol. The molecule has 1 aromatic heterocycles. The fraction of sp³-hybridized carbons (Fsp3) is 0.0769. The lowest BCUT2D eigenvalue weighted by molar-refractivity contribution is -0.131. The molecule has 18 heavy (non-hydrogen) atoms. The molecule has 1 aromatic carbocycles. The average Bonchev–Trinajstić information content (AvgIpc) is 2.88. The summed E-state index contributed by atoms with van der Waals surface area (Å²) in [5.41, 5.74) is 2.58. The van der Waals surface area contributed by atoms with Gasteiger partial charge in [-0.15, -0.1) is 11.3 Å². The van der Waals surface area contributed by atoms with E-state index in [4.69, 9.17) is 9.84 Å². The van der Waals surface area contributed by atoms with Crippen molar-refractivity contribution in [1.82, 2.24) is 4.98 Å². The summed E-state index contributed by atoms with van der Waals surface area (Å²) < 4.78 is 5.56. The van der Waals surface area contributed by atoms with Crippen LogP contribution in [0, 0.1) is 0 Å². The van der Waals surface area contributed by atoms with Crippen molar-refractivity contribution in [3.63, 3.8) is 0 Å². The Morgan fingerprint density at radius 2 is 2.17 bits per heavy atom. The van der Waals surface area contributed by atoms with Crippen molar-refractivity contribution >= 4 is 23.4 Å². The van der Waals surface area contributed by atoms with E-state index in [1.165, 1.54) is 6.08 Å². The van der Waals surface area contributed by atoms with Crippen LogP contribution in [0.15, 0.2) is 42.0 Å². The minimum absolute atomic E-state index is 0.495. The third-order valence-electron chi connectivity index (χ3n) is 2.16. The molecule has 2 rings (SSSR count). The Hall–Kier alpha value is -2.14. The van der Waals surface area contributed by atoms with Gasteiger partial charge in [-0.1, -0.05) is 12.1 Å². The van der Waals surface area contributed by atoms with Gasteiger partial charge in [0.25, 0.3) is 0 Å². The van der Waals surface area contributed by atoms with Crippen LogP contribution >= 0.6 is 11.3 Å². The summed E-state index contributed by atoms with van der Waals surface area (Å²) in [6.07, 6.45) is 4.41. The molecule has 0 saturated heterocycles. The molecule has 4 nitrogen and oxygen atoms in total. The average molecular weight is 261 g/mol. The highest BCUT2D eigenvalue weighted by Crippen LogP contribution is 2.16. The van der Waals surface area contributed by atoms with Crippen molar-refractivity contribution in [3.8, 4) is 5.75 Å². The molecular formula is C13H11NO3S. The lowest BCUT2D eigenvalue weighted by Crippen LogP contribution is -1.92. The van der Waals surface area contributed by atoms with Crippen LogP contribution in [0.4, 0.5) is 0 Å². The van der Waals surface area contributed by atoms with E-state index in [0.29, 0.717) is 6.61 Å². The maximum atomic E-state index is 10.4. The third kappa shape index (κ3) is 3.71. The second-order valence-corrected chi connectivity index (χ2v) is 4.47. The molecule has 0 aliphatic heterocycles.